The molecule has 1 unspecified atom stereocenters. The second-order valence-electron chi connectivity index (χ2n) is 7.20. The number of anilines is 1. The minimum atomic E-state index is -0.304. The van der Waals surface area contributed by atoms with Crippen LogP contribution < -0.4 is 14.8 Å². The van der Waals surface area contributed by atoms with E-state index >= 15 is 0 Å². The maximum atomic E-state index is 13.0. The fourth-order valence-electron chi connectivity index (χ4n) is 3.19. The highest BCUT2D eigenvalue weighted by atomic mass is 19.1. The molecule has 0 spiro atoms. The van der Waals surface area contributed by atoms with Gasteiger partial charge in [-0.1, -0.05) is 18.2 Å². The molecule has 3 aromatic rings. The SMILES string of the molecule is COc1ccc(C(CNc2oc(/C=C/c3ccc(F)cc3)nc2C#N)N(C)C)cc1OC. The van der Waals surface area contributed by atoms with Gasteiger partial charge in [0, 0.05) is 12.6 Å². The number of hydrogen-bond acceptors (Lipinski definition) is 7. The molecule has 1 heterocycles. The molecule has 1 atom stereocenters. The lowest BCUT2D eigenvalue weighted by Gasteiger charge is -2.25. The summed E-state index contributed by atoms with van der Waals surface area (Å²) < 4.78 is 29.5. The van der Waals surface area contributed by atoms with Crippen LogP contribution in [0.2, 0.25) is 0 Å². The van der Waals surface area contributed by atoms with Crippen LogP contribution in [-0.2, 0) is 0 Å². The highest BCUT2D eigenvalue weighted by Crippen LogP contribution is 2.31. The van der Waals surface area contributed by atoms with E-state index in [4.69, 9.17) is 13.9 Å². The summed E-state index contributed by atoms with van der Waals surface area (Å²) in [4.78, 5) is 6.25. The van der Waals surface area contributed by atoms with E-state index in [1.807, 2.05) is 43.3 Å². The van der Waals surface area contributed by atoms with Crippen molar-refractivity contribution in [2.45, 2.75) is 6.04 Å². The molecular formula is C24H25FN4O3. The number of rotatable bonds is 9. The van der Waals surface area contributed by atoms with E-state index in [2.05, 4.69) is 10.3 Å². The molecule has 2 aromatic carbocycles. The Hall–Kier alpha value is -3.83. The average Bonchev–Trinajstić information content (AvgIpc) is 3.20. The molecule has 0 radical (unpaired) electrons. The molecule has 0 fully saturated rings. The highest BCUT2D eigenvalue weighted by molar-refractivity contribution is 5.67. The summed E-state index contributed by atoms with van der Waals surface area (Å²) in [6, 6.07) is 13.8. The maximum Gasteiger partial charge on any atom is 0.232 e. The third-order valence-corrected chi connectivity index (χ3v) is 4.91. The minimum absolute atomic E-state index is 0.0374. The van der Waals surface area contributed by atoms with Crippen LogP contribution >= 0.6 is 0 Å². The van der Waals surface area contributed by atoms with E-state index < -0.39 is 0 Å². The Morgan fingerprint density at radius 1 is 1.12 bits per heavy atom. The Labute approximate surface area is 186 Å². The molecule has 32 heavy (non-hydrogen) atoms. The van der Waals surface area contributed by atoms with Gasteiger partial charge in [-0.15, -0.1) is 0 Å². The number of halogens is 1. The third-order valence-electron chi connectivity index (χ3n) is 4.91. The zero-order valence-electron chi connectivity index (χ0n) is 18.4. The van der Waals surface area contributed by atoms with Gasteiger partial charge < -0.3 is 24.1 Å². The van der Waals surface area contributed by atoms with Gasteiger partial charge in [-0.25, -0.2) is 4.39 Å². The molecule has 0 saturated heterocycles. The van der Waals surface area contributed by atoms with Gasteiger partial charge in [0.25, 0.3) is 0 Å². The molecule has 1 aromatic heterocycles. The predicted octanol–water partition coefficient (Wildman–Crippen LogP) is 4.59. The van der Waals surface area contributed by atoms with Crippen molar-refractivity contribution in [3.63, 3.8) is 0 Å². The number of oxazole rings is 1. The smallest absolute Gasteiger partial charge is 0.232 e. The van der Waals surface area contributed by atoms with Crippen molar-refractivity contribution >= 4 is 18.0 Å². The predicted molar refractivity (Wildman–Crippen MR) is 121 cm³/mol. The zero-order chi connectivity index (χ0) is 23.1. The number of hydrogen-bond donors (Lipinski definition) is 1. The molecule has 0 bridgehead atoms. The molecule has 1 N–H and O–H groups in total. The number of likely N-dealkylation sites (N-methyl/N-ethyl adjacent to an activating group) is 1. The molecule has 8 heteroatoms. The first-order chi connectivity index (χ1) is 15.4. The Kier molecular flexibility index (Phi) is 7.47. The molecule has 3 rings (SSSR count). The van der Waals surface area contributed by atoms with Gasteiger partial charge in [0.05, 0.1) is 20.3 Å². The summed E-state index contributed by atoms with van der Waals surface area (Å²) in [6.07, 6.45) is 3.37. The number of ether oxygens (including phenoxy) is 2. The van der Waals surface area contributed by atoms with Gasteiger partial charge in [0.15, 0.2) is 11.5 Å². The standard InChI is InChI=1S/C24H25FN4O3/c1-29(2)20(17-8-11-21(30-3)22(13-17)31-4)15-27-24-19(14-26)28-23(32-24)12-7-16-5-9-18(25)10-6-16/h5-13,20,27H,15H2,1-4H3/b12-7+. The quantitative estimate of drug-likeness (QED) is 0.525. The maximum absolute atomic E-state index is 13.0. The van der Waals surface area contributed by atoms with Crippen LogP contribution in [0.5, 0.6) is 11.5 Å². The van der Waals surface area contributed by atoms with Crippen LogP contribution in [0.4, 0.5) is 10.3 Å². The Morgan fingerprint density at radius 3 is 2.47 bits per heavy atom. The Bertz CT molecular complexity index is 1120. The second kappa shape index (κ2) is 10.5. The van der Waals surface area contributed by atoms with Crippen LogP contribution in [0.25, 0.3) is 12.2 Å². The Balaban J connectivity index is 1.77. The minimum Gasteiger partial charge on any atom is -0.493 e. The number of nitriles is 1. The van der Waals surface area contributed by atoms with E-state index in [1.165, 1.54) is 12.1 Å². The van der Waals surface area contributed by atoms with E-state index in [0.717, 1.165) is 11.1 Å². The lowest BCUT2D eigenvalue weighted by Crippen LogP contribution is -2.27. The molecule has 0 aliphatic heterocycles. The number of nitrogens with zero attached hydrogens (tertiary/aromatic N) is 3. The van der Waals surface area contributed by atoms with Crippen molar-refractivity contribution in [2.75, 3.05) is 40.2 Å². The second-order valence-corrected chi connectivity index (χ2v) is 7.20. The lowest BCUT2D eigenvalue weighted by molar-refractivity contribution is 0.307. The normalized spacial score (nSPS) is 12.0. The van der Waals surface area contributed by atoms with Crippen molar-refractivity contribution < 1.29 is 18.3 Å². The number of benzene rings is 2. The van der Waals surface area contributed by atoms with Crippen molar-refractivity contribution in [3.8, 4) is 17.6 Å². The van der Waals surface area contributed by atoms with E-state index in [0.29, 0.717) is 23.9 Å². The Morgan fingerprint density at radius 2 is 1.84 bits per heavy atom. The fraction of sp³-hybridized carbons (Fsp3) is 0.250. The molecule has 166 valence electrons. The highest BCUT2D eigenvalue weighted by Gasteiger charge is 2.19. The van der Waals surface area contributed by atoms with Gasteiger partial charge >= 0.3 is 0 Å². The first-order valence-electron chi connectivity index (χ1n) is 9.92. The van der Waals surface area contributed by atoms with Crippen LogP contribution in [0.15, 0.2) is 46.9 Å². The summed E-state index contributed by atoms with van der Waals surface area (Å²) in [5.41, 5.74) is 1.96. The first-order valence-corrected chi connectivity index (χ1v) is 9.92. The number of nitrogens with one attached hydrogen (secondary N) is 1. The van der Waals surface area contributed by atoms with Crippen LogP contribution in [0, 0.1) is 17.1 Å². The summed E-state index contributed by atoms with van der Waals surface area (Å²) in [6.45, 7) is 0.466. The fourth-order valence-corrected chi connectivity index (χ4v) is 3.19. The summed E-state index contributed by atoms with van der Waals surface area (Å²) in [5, 5.41) is 12.6. The summed E-state index contributed by atoms with van der Waals surface area (Å²) >= 11 is 0. The largest absolute Gasteiger partial charge is 0.493 e. The molecule has 0 aliphatic rings. The van der Waals surface area contributed by atoms with E-state index in [-0.39, 0.29) is 23.4 Å². The van der Waals surface area contributed by atoms with Crippen molar-refractivity contribution in [1.82, 2.24) is 9.88 Å². The third kappa shape index (κ3) is 5.45. The zero-order valence-corrected chi connectivity index (χ0v) is 18.4. The lowest BCUT2D eigenvalue weighted by atomic mass is 10.1. The summed E-state index contributed by atoms with van der Waals surface area (Å²) in [7, 11) is 7.12. The van der Waals surface area contributed by atoms with E-state index in [9.17, 15) is 9.65 Å². The van der Waals surface area contributed by atoms with Crippen molar-refractivity contribution in [1.29, 1.82) is 5.26 Å². The topological polar surface area (TPSA) is 83.5 Å². The molecule has 0 aliphatic carbocycles. The number of aromatic nitrogens is 1. The van der Waals surface area contributed by atoms with Crippen LogP contribution in [0.1, 0.15) is 28.8 Å². The average molecular weight is 436 g/mol. The number of methoxy groups -OCH3 is 2. The van der Waals surface area contributed by atoms with Crippen LogP contribution in [-0.4, -0.2) is 44.7 Å². The molecular weight excluding hydrogens is 411 g/mol. The van der Waals surface area contributed by atoms with Gasteiger partial charge in [-0.2, -0.15) is 10.2 Å². The monoisotopic (exact) mass is 436 g/mol. The molecule has 0 amide bonds. The molecule has 0 saturated carbocycles. The van der Waals surface area contributed by atoms with Crippen LogP contribution in [0.3, 0.4) is 0 Å². The van der Waals surface area contributed by atoms with Gasteiger partial charge in [-0.3, -0.25) is 0 Å². The van der Waals surface area contributed by atoms with E-state index in [1.54, 1.807) is 38.5 Å². The van der Waals surface area contributed by atoms with Crippen molar-refractivity contribution in [3.05, 3.63) is 71.0 Å². The first kappa shape index (κ1) is 22.8. The van der Waals surface area contributed by atoms with Gasteiger partial charge in [0.2, 0.25) is 17.5 Å². The van der Waals surface area contributed by atoms with Gasteiger partial charge in [0.1, 0.15) is 11.9 Å². The molecule has 7 nitrogen and oxygen atoms in total. The van der Waals surface area contributed by atoms with Gasteiger partial charge in [-0.05, 0) is 55.6 Å². The summed E-state index contributed by atoms with van der Waals surface area (Å²) in [5.74, 6) is 1.56. The van der Waals surface area contributed by atoms with Crippen molar-refractivity contribution in [2.24, 2.45) is 0 Å².